The van der Waals surface area contributed by atoms with Crippen molar-refractivity contribution in [1.82, 2.24) is 15.0 Å². The SMILES string of the molecule is CCCn1ccnc1CC(NN)c1cc(F)cc(Br)c1. The summed E-state index contributed by atoms with van der Waals surface area (Å²) in [7, 11) is 0. The van der Waals surface area contributed by atoms with Gasteiger partial charge < -0.3 is 4.57 Å². The number of nitrogens with zero attached hydrogens (tertiary/aromatic N) is 2. The van der Waals surface area contributed by atoms with E-state index in [9.17, 15) is 4.39 Å². The molecule has 0 spiro atoms. The molecule has 1 unspecified atom stereocenters. The molecular formula is C14H18BrFN4. The van der Waals surface area contributed by atoms with Crippen LogP contribution in [0.25, 0.3) is 0 Å². The maximum absolute atomic E-state index is 13.5. The molecule has 0 amide bonds. The predicted molar refractivity (Wildman–Crippen MR) is 80.4 cm³/mol. The number of halogens is 2. The number of hydrazine groups is 1. The molecule has 2 aromatic rings. The van der Waals surface area contributed by atoms with E-state index in [2.05, 4.69) is 37.8 Å². The van der Waals surface area contributed by atoms with Gasteiger partial charge in [0.05, 0.1) is 6.04 Å². The van der Waals surface area contributed by atoms with E-state index in [0.717, 1.165) is 24.4 Å². The molecule has 1 atom stereocenters. The van der Waals surface area contributed by atoms with Gasteiger partial charge in [0.15, 0.2) is 0 Å². The molecule has 1 heterocycles. The van der Waals surface area contributed by atoms with Crippen molar-refractivity contribution in [3.8, 4) is 0 Å². The molecule has 3 N–H and O–H groups in total. The molecule has 108 valence electrons. The Morgan fingerprint density at radius 2 is 2.25 bits per heavy atom. The van der Waals surface area contributed by atoms with Crippen LogP contribution in [-0.4, -0.2) is 9.55 Å². The van der Waals surface area contributed by atoms with Crippen LogP contribution in [0, 0.1) is 5.82 Å². The third-order valence-corrected chi connectivity index (χ3v) is 3.60. The van der Waals surface area contributed by atoms with Gasteiger partial charge in [0.2, 0.25) is 0 Å². The van der Waals surface area contributed by atoms with Gasteiger partial charge in [0.1, 0.15) is 11.6 Å². The van der Waals surface area contributed by atoms with E-state index in [4.69, 9.17) is 5.84 Å². The first kappa shape index (κ1) is 15.2. The van der Waals surface area contributed by atoms with E-state index >= 15 is 0 Å². The van der Waals surface area contributed by atoms with Crippen molar-refractivity contribution in [2.45, 2.75) is 32.4 Å². The summed E-state index contributed by atoms with van der Waals surface area (Å²) in [6.45, 7) is 3.03. The summed E-state index contributed by atoms with van der Waals surface area (Å²) in [5.41, 5.74) is 3.54. The molecule has 0 radical (unpaired) electrons. The summed E-state index contributed by atoms with van der Waals surface area (Å²) < 4.78 is 16.3. The fraction of sp³-hybridized carbons (Fsp3) is 0.357. The molecule has 0 aliphatic carbocycles. The smallest absolute Gasteiger partial charge is 0.124 e. The van der Waals surface area contributed by atoms with Gasteiger partial charge in [0, 0.05) is 29.8 Å². The number of hydrogen-bond acceptors (Lipinski definition) is 3. The summed E-state index contributed by atoms with van der Waals surface area (Å²) in [5, 5.41) is 0. The Hall–Kier alpha value is -1.24. The Kier molecular flexibility index (Phi) is 5.28. The van der Waals surface area contributed by atoms with E-state index in [0.29, 0.717) is 10.9 Å². The topological polar surface area (TPSA) is 55.9 Å². The van der Waals surface area contributed by atoms with E-state index in [-0.39, 0.29) is 11.9 Å². The molecule has 0 aliphatic rings. The number of nitrogens with one attached hydrogen (secondary N) is 1. The second-order valence-electron chi connectivity index (χ2n) is 4.66. The van der Waals surface area contributed by atoms with Gasteiger partial charge in [0.25, 0.3) is 0 Å². The normalized spacial score (nSPS) is 12.6. The zero-order valence-corrected chi connectivity index (χ0v) is 12.9. The molecule has 0 aliphatic heterocycles. The highest BCUT2D eigenvalue weighted by atomic mass is 79.9. The number of hydrogen-bond donors (Lipinski definition) is 2. The van der Waals surface area contributed by atoms with Gasteiger partial charge in [-0.1, -0.05) is 22.9 Å². The average Bonchev–Trinajstić information content (AvgIpc) is 2.82. The molecule has 6 heteroatoms. The minimum Gasteiger partial charge on any atom is -0.335 e. The summed E-state index contributed by atoms with van der Waals surface area (Å²) in [6, 6.07) is 4.60. The zero-order valence-electron chi connectivity index (χ0n) is 11.3. The minimum atomic E-state index is -0.286. The van der Waals surface area contributed by atoms with Crippen LogP contribution in [0.15, 0.2) is 35.1 Å². The summed E-state index contributed by atoms with van der Waals surface area (Å²) in [5.74, 6) is 6.28. The molecule has 4 nitrogen and oxygen atoms in total. The highest BCUT2D eigenvalue weighted by Crippen LogP contribution is 2.22. The predicted octanol–water partition coefficient (Wildman–Crippen LogP) is 2.94. The monoisotopic (exact) mass is 340 g/mol. The maximum atomic E-state index is 13.5. The first-order chi connectivity index (χ1) is 9.63. The number of rotatable bonds is 6. The number of imidazole rings is 1. The van der Waals surface area contributed by atoms with Crippen LogP contribution in [0.3, 0.4) is 0 Å². The average molecular weight is 341 g/mol. The third kappa shape index (κ3) is 3.65. The Morgan fingerprint density at radius 1 is 1.45 bits per heavy atom. The lowest BCUT2D eigenvalue weighted by Gasteiger charge is -2.17. The molecule has 0 bridgehead atoms. The van der Waals surface area contributed by atoms with Crippen LogP contribution in [0.1, 0.15) is 30.8 Å². The first-order valence-electron chi connectivity index (χ1n) is 6.56. The summed E-state index contributed by atoms with van der Waals surface area (Å²) >= 11 is 3.30. The lowest BCUT2D eigenvalue weighted by Crippen LogP contribution is -2.30. The van der Waals surface area contributed by atoms with Crippen molar-refractivity contribution in [3.63, 3.8) is 0 Å². The number of aryl methyl sites for hydroxylation is 1. The van der Waals surface area contributed by atoms with Gasteiger partial charge >= 0.3 is 0 Å². The summed E-state index contributed by atoms with van der Waals surface area (Å²) in [6.07, 6.45) is 5.38. The molecule has 1 aromatic heterocycles. The fourth-order valence-corrected chi connectivity index (χ4v) is 2.69. The van der Waals surface area contributed by atoms with Crippen molar-refractivity contribution in [3.05, 3.63) is 52.3 Å². The summed E-state index contributed by atoms with van der Waals surface area (Å²) in [4.78, 5) is 4.35. The molecule has 0 fully saturated rings. The lowest BCUT2D eigenvalue weighted by molar-refractivity contribution is 0.512. The van der Waals surface area contributed by atoms with E-state index in [1.807, 2.05) is 12.3 Å². The Bertz CT molecular complexity index is 550. The fourth-order valence-electron chi connectivity index (χ4n) is 2.21. The Labute approximate surface area is 126 Å². The van der Waals surface area contributed by atoms with Crippen molar-refractivity contribution in [2.75, 3.05) is 0 Å². The molecule has 0 saturated heterocycles. The largest absolute Gasteiger partial charge is 0.335 e. The molecule has 20 heavy (non-hydrogen) atoms. The van der Waals surface area contributed by atoms with Crippen molar-refractivity contribution >= 4 is 15.9 Å². The van der Waals surface area contributed by atoms with E-state index in [1.54, 1.807) is 6.20 Å². The first-order valence-corrected chi connectivity index (χ1v) is 7.35. The lowest BCUT2D eigenvalue weighted by atomic mass is 10.0. The van der Waals surface area contributed by atoms with Crippen molar-refractivity contribution < 1.29 is 4.39 Å². The second kappa shape index (κ2) is 6.97. The van der Waals surface area contributed by atoms with Gasteiger partial charge in [-0.3, -0.25) is 11.3 Å². The minimum absolute atomic E-state index is 0.181. The third-order valence-electron chi connectivity index (χ3n) is 3.14. The van der Waals surface area contributed by atoms with E-state index < -0.39 is 0 Å². The van der Waals surface area contributed by atoms with Gasteiger partial charge in [-0.2, -0.15) is 0 Å². The van der Waals surface area contributed by atoms with Crippen LogP contribution in [0.4, 0.5) is 4.39 Å². The van der Waals surface area contributed by atoms with Gasteiger partial charge in [-0.05, 0) is 30.2 Å². The number of benzene rings is 1. The Morgan fingerprint density at radius 3 is 2.90 bits per heavy atom. The molecule has 0 saturated carbocycles. The maximum Gasteiger partial charge on any atom is 0.124 e. The van der Waals surface area contributed by atoms with Crippen LogP contribution in [0.5, 0.6) is 0 Å². The number of nitrogens with two attached hydrogens (primary N) is 1. The van der Waals surface area contributed by atoms with Crippen LogP contribution in [-0.2, 0) is 13.0 Å². The Balaban J connectivity index is 2.22. The van der Waals surface area contributed by atoms with E-state index in [1.165, 1.54) is 12.1 Å². The van der Waals surface area contributed by atoms with Crippen molar-refractivity contribution in [2.24, 2.45) is 5.84 Å². The van der Waals surface area contributed by atoms with Crippen molar-refractivity contribution in [1.29, 1.82) is 0 Å². The highest BCUT2D eigenvalue weighted by molar-refractivity contribution is 9.10. The van der Waals surface area contributed by atoms with Crippen LogP contribution >= 0.6 is 15.9 Å². The molecular weight excluding hydrogens is 323 g/mol. The van der Waals surface area contributed by atoms with Gasteiger partial charge in [-0.15, -0.1) is 0 Å². The highest BCUT2D eigenvalue weighted by Gasteiger charge is 2.15. The molecule has 1 aromatic carbocycles. The molecule has 2 rings (SSSR count). The second-order valence-corrected chi connectivity index (χ2v) is 5.58. The van der Waals surface area contributed by atoms with Crippen LogP contribution < -0.4 is 11.3 Å². The number of aromatic nitrogens is 2. The van der Waals surface area contributed by atoms with Crippen LogP contribution in [0.2, 0.25) is 0 Å². The van der Waals surface area contributed by atoms with Gasteiger partial charge in [-0.25, -0.2) is 9.37 Å². The quantitative estimate of drug-likeness (QED) is 0.627. The standard InChI is InChI=1S/C14H18BrFN4/c1-2-4-20-5-3-18-14(20)9-13(19-17)10-6-11(15)8-12(16)7-10/h3,5-8,13,19H,2,4,9,17H2,1H3. The zero-order chi connectivity index (χ0) is 14.5.